The van der Waals surface area contributed by atoms with Crippen molar-refractivity contribution >= 4 is 38.9 Å². The number of nitrogens with zero attached hydrogens (tertiary/aromatic N) is 2. The summed E-state index contributed by atoms with van der Waals surface area (Å²) in [5, 5.41) is 1.69. The van der Waals surface area contributed by atoms with E-state index in [0.717, 1.165) is 21.8 Å². The van der Waals surface area contributed by atoms with Gasteiger partial charge >= 0.3 is 0 Å². The van der Waals surface area contributed by atoms with E-state index in [0.29, 0.717) is 18.0 Å². The molecule has 0 N–H and O–H groups in total. The van der Waals surface area contributed by atoms with Crippen LogP contribution in [0.2, 0.25) is 0 Å². The van der Waals surface area contributed by atoms with Gasteiger partial charge in [0.15, 0.2) is 0 Å². The fourth-order valence-electron chi connectivity index (χ4n) is 3.66. The fraction of sp³-hybridized carbons (Fsp3) is 0.455. The van der Waals surface area contributed by atoms with Gasteiger partial charge in [0.2, 0.25) is 5.91 Å². The Hall–Kier alpha value is -2.03. The number of imide groups is 1. The van der Waals surface area contributed by atoms with Gasteiger partial charge in [-0.3, -0.25) is 9.59 Å². The van der Waals surface area contributed by atoms with E-state index in [9.17, 15) is 18.0 Å². The monoisotopic (exact) mass is 448 g/mol. The number of amides is 2. The van der Waals surface area contributed by atoms with Crippen molar-refractivity contribution in [2.24, 2.45) is 0 Å². The average Bonchev–Trinajstić information content (AvgIpc) is 3.31. The lowest BCUT2D eigenvalue weighted by atomic mass is 10.00. The van der Waals surface area contributed by atoms with E-state index >= 15 is 0 Å². The van der Waals surface area contributed by atoms with Crippen molar-refractivity contribution in [3.05, 3.63) is 47.3 Å². The SMILES string of the molecule is CCC(C)(C)N(C1CC(=O)N(c2ccc(C(C)C)cc2)C1=O)S(=O)(=O)c1cccs1. The molecule has 0 spiro atoms. The number of carbonyl (C=O) groups is 2. The molecule has 1 unspecified atom stereocenters. The summed E-state index contributed by atoms with van der Waals surface area (Å²) in [4.78, 5) is 27.3. The first-order chi connectivity index (χ1) is 14.0. The molecule has 6 nitrogen and oxygen atoms in total. The Balaban J connectivity index is 2.02. The molecule has 3 rings (SSSR count). The lowest BCUT2D eigenvalue weighted by Gasteiger charge is -2.39. The molecular formula is C22H28N2O4S2. The van der Waals surface area contributed by atoms with Crippen molar-refractivity contribution in [1.29, 1.82) is 0 Å². The molecule has 0 bridgehead atoms. The highest BCUT2D eigenvalue weighted by Crippen LogP contribution is 2.36. The number of hydrogen-bond donors (Lipinski definition) is 0. The Morgan fingerprint density at radius 2 is 1.80 bits per heavy atom. The summed E-state index contributed by atoms with van der Waals surface area (Å²) in [5.74, 6) is -0.562. The van der Waals surface area contributed by atoms with E-state index in [1.807, 2.05) is 19.1 Å². The highest BCUT2D eigenvalue weighted by molar-refractivity contribution is 7.91. The van der Waals surface area contributed by atoms with Gasteiger partial charge in [-0.05, 0) is 55.3 Å². The van der Waals surface area contributed by atoms with Crippen molar-refractivity contribution < 1.29 is 18.0 Å². The first-order valence-corrected chi connectivity index (χ1v) is 12.4. The van der Waals surface area contributed by atoms with Gasteiger partial charge in [-0.1, -0.05) is 39.0 Å². The van der Waals surface area contributed by atoms with Crippen LogP contribution in [0.15, 0.2) is 46.0 Å². The minimum atomic E-state index is -3.94. The molecule has 1 fully saturated rings. The van der Waals surface area contributed by atoms with Crippen molar-refractivity contribution in [3.63, 3.8) is 0 Å². The van der Waals surface area contributed by atoms with Gasteiger partial charge in [0.1, 0.15) is 10.3 Å². The van der Waals surface area contributed by atoms with Crippen LogP contribution in [0.3, 0.4) is 0 Å². The first kappa shape index (κ1) is 22.7. The largest absolute Gasteiger partial charge is 0.274 e. The second kappa shape index (κ2) is 8.24. The van der Waals surface area contributed by atoms with Crippen LogP contribution >= 0.6 is 11.3 Å². The fourth-order valence-corrected chi connectivity index (χ4v) is 6.72. The average molecular weight is 449 g/mol. The predicted octanol–water partition coefficient (Wildman–Crippen LogP) is 4.38. The number of rotatable bonds is 7. The Morgan fingerprint density at radius 3 is 2.30 bits per heavy atom. The number of anilines is 1. The molecule has 1 aromatic heterocycles. The zero-order valence-electron chi connectivity index (χ0n) is 18.0. The summed E-state index contributed by atoms with van der Waals surface area (Å²) >= 11 is 1.11. The van der Waals surface area contributed by atoms with Gasteiger partial charge in [-0.25, -0.2) is 13.3 Å². The zero-order chi connectivity index (χ0) is 22.3. The molecule has 162 valence electrons. The van der Waals surface area contributed by atoms with Crippen LogP contribution < -0.4 is 4.90 Å². The van der Waals surface area contributed by atoms with Gasteiger partial charge in [0.25, 0.3) is 15.9 Å². The lowest BCUT2D eigenvalue weighted by molar-refractivity contribution is -0.122. The number of thiophene rings is 1. The number of hydrogen-bond acceptors (Lipinski definition) is 5. The molecule has 2 aromatic rings. The minimum Gasteiger partial charge on any atom is -0.274 e. The highest BCUT2D eigenvalue weighted by Gasteiger charge is 2.51. The van der Waals surface area contributed by atoms with Crippen LogP contribution in [0.1, 0.15) is 58.9 Å². The molecule has 2 amide bonds. The van der Waals surface area contributed by atoms with Crippen molar-refractivity contribution in [2.75, 3.05) is 4.90 Å². The highest BCUT2D eigenvalue weighted by atomic mass is 32.2. The molecule has 8 heteroatoms. The van der Waals surface area contributed by atoms with Crippen molar-refractivity contribution in [1.82, 2.24) is 4.31 Å². The maximum Gasteiger partial charge on any atom is 0.253 e. The summed E-state index contributed by atoms with van der Waals surface area (Å²) in [6.07, 6.45) is 0.331. The van der Waals surface area contributed by atoms with Crippen LogP contribution in [-0.4, -0.2) is 36.1 Å². The van der Waals surface area contributed by atoms with Crippen molar-refractivity contribution in [3.8, 4) is 0 Å². The standard InChI is InChI=1S/C22H28N2O4S2/c1-6-22(4,5)24(30(27,28)20-8-7-13-29-20)18-14-19(25)23(21(18)26)17-11-9-16(10-12-17)15(2)3/h7-13,15,18H,6,14H2,1-5H3. The predicted molar refractivity (Wildman–Crippen MR) is 119 cm³/mol. The third-order valence-electron chi connectivity index (χ3n) is 5.69. The molecule has 30 heavy (non-hydrogen) atoms. The Bertz CT molecular complexity index is 1030. The molecule has 0 saturated carbocycles. The molecule has 1 atom stereocenters. The normalized spacial score (nSPS) is 18.1. The summed E-state index contributed by atoms with van der Waals surface area (Å²) in [5.41, 5.74) is 0.740. The molecule has 1 aliphatic heterocycles. The Morgan fingerprint density at radius 1 is 1.17 bits per heavy atom. The quantitative estimate of drug-likeness (QED) is 0.589. The van der Waals surface area contributed by atoms with Crippen LogP contribution in [0, 0.1) is 0 Å². The topological polar surface area (TPSA) is 74.8 Å². The van der Waals surface area contributed by atoms with E-state index in [4.69, 9.17) is 0 Å². The molecular weight excluding hydrogens is 420 g/mol. The smallest absolute Gasteiger partial charge is 0.253 e. The van der Waals surface area contributed by atoms with Gasteiger partial charge in [0, 0.05) is 5.54 Å². The van der Waals surface area contributed by atoms with Crippen LogP contribution in [0.5, 0.6) is 0 Å². The van der Waals surface area contributed by atoms with E-state index < -0.39 is 27.5 Å². The summed E-state index contributed by atoms with van der Waals surface area (Å²) in [6, 6.07) is 9.41. The molecule has 1 aromatic carbocycles. The Labute approximate surface area is 182 Å². The van der Waals surface area contributed by atoms with Gasteiger partial charge in [-0.15, -0.1) is 11.3 Å². The van der Waals surface area contributed by atoms with Crippen LogP contribution in [0.4, 0.5) is 5.69 Å². The molecule has 1 aliphatic rings. The zero-order valence-corrected chi connectivity index (χ0v) is 19.6. The second-order valence-corrected chi connectivity index (χ2v) is 11.4. The molecule has 2 heterocycles. The van der Waals surface area contributed by atoms with E-state index in [-0.39, 0.29) is 16.5 Å². The summed E-state index contributed by atoms with van der Waals surface area (Å²) in [7, 11) is -3.94. The molecule has 0 aliphatic carbocycles. The maximum atomic E-state index is 13.5. The molecule has 1 saturated heterocycles. The van der Waals surface area contributed by atoms with Crippen molar-refractivity contribution in [2.45, 2.75) is 69.2 Å². The van der Waals surface area contributed by atoms with E-state index in [1.165, 1.54) is 10.4 Å². The third-order valence-corrected chi connectivity index (χ3v) is 9.19. The van der Waals surface area contributed by atoms with Gasteiger partial charge in [0.05, 0.1) is 12.1 Å². The third kappa shape index (κ3) is 3.96. The van der Waals surface area contributed by atoms with Crippen LogP contribution in [0.25, 0.3) is 0 Å². The van der Waals surface area contributed by atoms with Gasteiger partial charge in [-0.2, -0.15) is 4.31 Å². The van der Waals surface area contributed by atoms with Gasteiger partial charge < -0.3 is 0 Å². The first-order valence-electron chi connectivity index (χ1n) is 10.1. The lowest BCUT2D eigenvalue weighted by Crippen LogP contribution is -2.55. The Kier molecular flexibility index (Phi) is 6.23. The minimum absolute atomic E-state index is 0.168. The summed E-state index contributed by atoms with van der Waals surface area (Å²) in [6.45, 7) is 9.58. The molecule has 0 radical (unpaired) electrons. The summed E-state index contributed by atoms with van der Waals surface area (Å²) < 4.78 is 28.3. The maximum absolute atomic E-state index is 13.5. The van der Waals surface area contributed by atoms with Crippen LogP contribution in [-0.2, 0) is 19.6 Å². The van der Waals surface area contributed by atoms with E-state index in [2.05, 4.69) is 13.8 Å². The van der Waals surface area contributed by atoms with E-state index in [1.54, 1.807) is 37.4 Å². The number of benzene rings is 1. The number of carbonyl (C=O) groups excluding carboxylic acids is 2. The number of sulfonamides is 1. The second-order valence-electron chi connectivity index (χ2n) is 8.43.